The van der Waals surface area contributed by atoms with Gasteiger partial charge >= 0.3 is 0 Å². The van der Waals surface area contributed by atoms with E-state index in [1.807, 2.05) is 13.8 Å². The number of carbonyl (C=O) groups excluding carboxylic acids is 1. The van der Waals surface area contributed by atoms with Crippen LogP contribution in [0.3, 0.4) is 0 Å². The van der Waals surface area contributed by atoms with Crippen molar-refractivity contribution in [2.24, 2.45) is 17.8 Å². The van der Waals surface area contributed by atoms with Crippen LogP contribution in [0.4, 0.5) is 0 Å². The van der Waals surface area contributed by atoms with Crippen LogP contribution in [0.15, 0.2) is 11.1 Å². The number of allylic oxidation sites excluding steroid dienone is 2. The zero-order chi connectivity index (χ0) is 21.7. The summed E-state index contributed by atoms with van der Waals surface area (Å²) < 4.78 is 11.5. The predicted molar refractivity (Wildman–Crippen MR) is 103 cm³/mol. The Morgan fingerprint density at radius 1 is 1.10 bits per heavy atom. The van der Waals surface area contributed by atoms with Gasteiger partial charge in [0.05, 0.1) is 18.3 Å². The molecule has 8 heteroatoms. The molecule has 3 aliphatic rings. The van der Waals surface area contributed by atoms with Gasteiger partial charge in [-0.05, 0) is 51.0 Å². The lowest BCUT2D eigenvalue weighted by Gasteiger charge is -2.45. The maximum absolute atomic E-state index is 12.3. The third-order valence-electron chi connectivity index (χ3n) is 7.12. The van der Waals surface area contributed by atoms with E-state index in [-0.39, 0.29) is 23.5 Å². The van der Waals surface area contributed by atoms with E-state index in [0.717, 1.165) is 11.1 Å². The van der Waals surface area contributed by atoms with Gasteiger partial charge in [-0.25, -0.2) is 0 Å². The minimum atomic E-state index is -1.53. The highest BCUT2D eigenvalue weighted by Crippen LogP contribution is 2.47. The molecule has 0 aromatic rings. The van der Waals surface area contributed by atoms with Gasteiger partial charge in [0.1, 0.15) is 24.4 Å². The Bertz CT molecular complexity index is 657. The zero-order valence-corrected chi connectivity index (χ0v) is 17.5. The summed E-state index contributed by atoms with van der Waals surface area (Å²) in [4.78, 5) is 12.3. The second-order valence-corrected chi connectivity index (χ2v) is 9.39. The van der Waals surface area contributed by atoms with Gasteiger partial charge in [-0.1, -0.05) is 12.5 Å². The monoisotopic (exact) mass is 414 g/mol. The predicted octanol–water partition coefficient (Wildman–Crippen LogP) is -0.106. The van der Waals surface area contributed by atoms with E-state index in [4.69, 9.17) is 9.47 Å². The molecule has 1 aliphatic heterocycles. The fraction of sp³-hybridized carbons (Fsp3) is 0.857. The van der Waals surface area contributed by atoms with Crippen LogP contribution >= 0.6 is 0 Å². The number of hydrogen-bond donors (Lipinski definition) is 5. The van der Waals surface area contributed by atoms with Crippen molar-refractivity contribution in [3.05, 3.63) is 11.1 Å². The standard InChI is InChI=1S/C21H34O8/c1-9-5-15(24)13(6-12-10(2)14(23)7-11(9)12)21(3,4)29-20-19(27)18(26)17(25)16(8-22)28-20/h9,11,13,15-20,22,24-27H,5-8H2,1-4H3. The van der Waals surface area contributed by atoms with Gasteiger partial charge in [0.2, 0.25) is 0 Å². The minimum absolute atomic E-state index is 0.130. The molecule has 0 bridgehead atoms. The maximum Gasteiger partial charge on any atom is 0.187 e. The summed E-state index contributed by atoms with van der Waals surface area (Å²) in [5.74, 6) is 0.0810. The largest absolute Gasteiger partial charge is 0.394 e. The number of fused-ring (bicyclic) bond motifs is 1. The molecule has 29 heavy (non-hydrogen) atoms. The fourth-order valence-electron chi connectivity index (χ4n) is 5.13. The quantitative estimate of drug-likeness (QED) is 0.430. The van der Waals surface area contributed by atoms with E-state index in [9.17, 15) is 30.3 Å². The molecule has 5 N–H and O–H groups in total. The molecule has 3 rings (SSSR count). The highest BCUT2D eigenvalue weighted by atomic mass is 16.7. The normalized spacial score (nSPS) is 44.0. The second-order valence-electron chi connectivity index (χ2n) is 9.39. The molecule has 2 fully saturated rings. The Morgan fingerprint density at radius 3 is 2.38 bits per heavy atom. The molecule has 0 spiro atoms. The van der Waals surface area contributed by atoms with Gasteiger partial charge < -0.3 is 35.0 Å². The van der Waals surface area contributed by atoms with Gasteiger partial charge in [0.15, 0.2) is 12.1 Å². The average molecular weight is 414 g/mol. The molecular formula is C21H34O8. The van der Waals surface area contributed by atoms with Crippen molar-refractivity contribution in [1.82, 2.24) is 0 Å². The number of carbonyl (C=O) groups is 1. The third kappa shape index (κ3) is 4.17. The minimum Gasteiger partial charge on any atom is -0.394 e. The highest BCUT2D eigenvalue weighted by molar-refractivity contribution is 5.98. The van der Waals surface area contributed by atoms with Gasteiger partial charge in [-0.15, -0.1) is 0 Å². The molecule has 1 saturated heterocycles. The maximum atomic E-state index is 12.3. The van der Waals surface area contributed by atoms with Crippen LogP contribution in [-0.2, 0) is 14.3 Å². The van der Waals surface area contributed by atoms with Crippen molar-refractivity contribution in [1.29, 1.82) is 0 Å². The number of ketones is 1. The Kier molecular flexibility index (Phi) is 6.56. The Hall–Kier alpha value is -0.870. The molecule has 166 valence electrons. The lowest BCUT2D eigenvalue weighted by molar-refractivity contribution is -0.330. The molecule has 2 aliphatic carbocycles. The summed E-state index contributed by atoms with van der Waals surface area (Å²) >= 11 is 0. The number of ether oxygens (including phenoxy) is 2. The van der Waals surface area contributed by atoms with Gasteiger partial charge in [0.25, 0.3) is 0 Å². The number of aliphatic hydroxyl groups excluding tert-OH is 5. The van der Waals surface area contributed by atoms with Crippen LogP contribution in [0.5, 0.6) is 0 Å². The van der Waals surface area contributed by atoms with Gasteiger partial charge in [0, 0.05) is 12.3 Å². The van der Waals surface area contributed by atoms with Gasteiger partial charge in [-0.2, -0.15) is 0 Å². The SMILES string of the molecule is CC1=C2CC(C(C)(C)OC3OC(CO)C(O)C(O)C3O)C(O)CC(C)C2CC1=O. The van der Waals surface area contributed by atoms with Crippen LogP contribution in [0.2, 0.25) is 0 Å². The van der Waals surface area contributed by atoms with E-state index in [1.165, 1.54) is 0 Å². The summed E-state index contributed by atoms with van der Waals surface area (Å²) in [6, 6.07) is 0. The molecule has 1 saturated carbocycles. The zero-order valence-electron chi connectivity index (χ0n) is 17.5. The molecular weight excluding hydrogens is 380 g/mol. The molecule has 1 heterocycles. The Labute approximate surface area is 171 Å². The van der Waals surface area contributed by atoms with E-state index >= 15 is 0 Å². The van der Waals surface area contributed by atoms with E-state index in [0.29, 0.717) is 19.3 Å². The number of aliphatic hydroxyl groups is 5. The van der Waals surface area contributed by atoms with Crippen LogP contribution in [-0.4, -0.2) is 80.3 Å². The highest BCUT2D eigenvalue weighted by Gasteiger charge is 2.50. The van der Waals surface area contributed by atoms with Crippen molar-refractivity contribution < 1.29 is 39.8 Å². The smallest absolute Gasteiger partial charge is 0.187 e. The summed E-state index contributed by atoms with van der Waals surface area (Å²) in [5.41, 5.74) is 0.861. The lowest BCUT2D eigenvalue weighted by Crippen LogP contribution is -2.61. The van der Waals surface area contributed by atoms with Crippen LogP contribution in [0, 0.1) is 17.8 Å². The third-order valence-corrected chi connectivity index (χ3v) is 7.12. The summed E-state index contributed by atoms with van der Waals surface area (Å²) in [7, 11) is 0. The van der Waals surface area contributed by atoms with Crippen LogP contribution in [0.1, 0.15) is 47.0 Å². The number of rotatable bonds is 4. The number of Topliss-reactive ketones (excluding diaryl/α,β-unsaturated/α-hetero) is 1. The molecule has 0 aromatic carbocycles. The summed E-state index contributed by atoms with van der Waals surface area (Å²) in [5, 5.41) is 50.6. The molecule has 0 amide bonds. The van der Waals surface area contributed by atoms with Crippen molar-refractivity contribution >= 4 is 5.78 Å². The first kappa shape index (κ1) is 22.8. The first-order chi connectivity index (χ1) is 13.5. The van der Waals surface area contributed by atoms with Crippen molar-refractivity contribution in [3.8, 4) is 0 Å². The number of hydrogen-bond acceptors (Lipinski definition) is 8. The van der Waals surface area contributed by atoms with E-state index < -0.39 is 49.0 Å². The second kappa shape index (κ2) is 8.34. The fourth-order valence-corrected chi connectivity index (χ4v) is 5.13. The van der Waals surface area contributed by atoms with Crippen molar-refractivity contribution in [3.63, 3.8) is 0 Å². The summed E-state index contributed by atoms with van der Waals surface area (Å²) in [6.45, 7) is 6.91. The van der Waals surface area contributed by atoms with Gasteiger partial charge in [-0.3, -0.25) is 4.79 Å². The molecule has 9 atom stereocenters. The van der Waals surface area contributed by atoms with Crippen molar-refractivity contribution in [2.45, 2.75) is 89.4 Å². The summed E-state index contributed by atoms with van der Waals surface area (Å²) in [6.07, 6.45) is -5.99. The van der Waals surface area contributed by atoms with Crippen molar-refractivity contribution in [2.75, 3.05) is 6.61 Å². The van der Waals surface area contributed by atoms with Crippen LogP contribution in [0.25, 0.3) is 0 Å². The first-order valence-corrected chi connectivity index (χ1v) is 10.4. The van der Waals surface area contributed by atoms with Crippen LogP contribution < -0.4 is 0 Å². The topological polar surface area (TPSA) is 137 Å². The van der Waals surface area contributed by atoms with E-state index in [2.05, 4.69) is 0 Å². The molecule has 0 aromatic heterocycles. The molecule has 9 unspecified atom stereocenters. The van der Waals surface area contributed by atoms with E-state index in [1.54, 1.807) is 13.8 Å². The lowest BCUT2D eigenvalue weighted by atomic mass is 9.80. The molecule has 0 radical (unpaired) electrons. The Morgan fingerprint density at radius 2 is 1.76 bits per heavy atom. The molecule has 8 nitrogen and oxygen atoms in total. The average Bonchev–Trinajstić information content (AvgIpc) is 2.86. The Balaban J connectivity index is 1.83. The first-order valence-electron chi connectivity index (χ1n) is 10.4.